The van der Waals surface area contributed by atoms with Crippen molar-refractivity contribution in [3.8, 4) is 6.07 Å². The molecule has 1 heterocycles. The third-order valence-electron chi connectivity index (χ3n) is 5.51. The van der Waals surface area contributed by atoms with Crippen LogP contribution in [0.4, 0.5) is 0 Å². The molecule has 3 nitrogen and oxygen atoms in total. The number of nitrogens with two attached hydrogens (primary N) is 1. The minimum Gasteiger partial charge on any atom is -0.389 e. The molecule has 2 rings (SSSR count). The average Bonchev–Trinajstić information content (AvgIpc) is 2.82. The Balaban J connectivity index is 2.35. The lowest BCUT2D eigenvalue weighted by Crippen LogP contribution is -2.20. The van der Waals surface area contributed by atoms with E-state index in [1.165, 1.54) is 10.5 Å². The van der Waals surface area contributed by atoms with Gasteiger partial charge in [-0.15, -0.1) is 11.8 Å². The lowest BCUT2D eigenvalue weighted by atomic mass is 9.97. The molecule has 1 aromatic carbocycles. The number of likely N-dealkylation sites (N-methyl/N-ethyl adjacent to an activating group) is 1. The van der Waals surface area contributed by atoms with Crippen molar-refractivity contribution in [1.29, 1.82) is 5.26 Å². The number of nitrogens with zero attached hydrogens (tertiary/aromatic N) is 1. The minimum atomic E-state index is 0.205. The summed E-state index contributed by atoms with van der Waals surface area (Å²) in [6, 6.07) is 10.2. The first-order valence-corrected chi connectivity index (χ1v) is 12.1. The molecule has 1 aliphatic rings. The van der Waals surface area contributed by atoms with Crippen molar-refractivity contribution in [3.63, 3.8) is 0 Å². The Morgan fingerprint density at radius 1 is 1.25 bits per heavy atom. The first-order valence-electron chi connectivity index (χ1n) is 11.2. The molecule has 4 heteroatoms. The summed E-state index contributed by atoms with van der Waals surface area (Å²) in [4.78, 5) is 1.20. The van der Waals surface area contributed by atoms with E-state index in [1.54, 1.807) is 0 Å². The molecule has 0 aromatic heterocycles. The number of nitriles is 1. The Hall–Kier alpha value is -2.74. The summed E-state index contributed by atoms with van der Waals surface area (Å²) in [6.45, 7) is 12.6. The van der Waals surface area contributed by atoms with Gasteiger partial charge < -0.3 is 11.1 Å². The van der Waals surface area contributed by atoms with Crippen LogP contribution in [0.1, 0.15) is 50.7 Å². The molecule has 2 atom stereocenters. The second-order valence-corrected chi connectivity index (χ2v) is 9.08. The van der Waals surface area contributed by atoms with Crippen LogP contribution in [-0.2, 0) is 0 Å². The minimum absolute atomic E-state index is 0.205. The van der Waals surface area contributed by atoms with Gasteiger partial charge in [0.1, 0.15) is 0 Å². The quantitative estimate of drug-likeness (QED) is 0.296. The summed E-state index contributed by atoms with van der Waals surface area (Å²) in [5.41, 5.74) is 12.3. The highest BCUT2D eigenvalue weighted by Crippen LogP contribution is 2.43. The van der Waals surface area contributed by atoms with Crippen LogP contribution in [0.5, 0.6) is 0 Å². The van der Waals surface area contributed by atoms with E-state index in [1.807, 2.05) is 49.2 Å². The number of thioether (sulfide) groups is 1. The lowest BCUT2D eigenvalue weighted by molar-refractivity contribution is 0.558. The van der Waals surface area contributed by atoms with E-state index in [4.69, 9.17) is 11.0 Å². The standard InChI is InChI=1S/C28H35N3S/c1-6-8-25(30)16-9-20(3)27-18-17-26(24-14-11-22(19-29)12-15-24)28(32-27)23(7-2)13-10-21(4)31-5/h7,10-15,17-18,25,27,31H,3-4,6,8-9,16,30H2,1-2,5H3/b13-10-,23-7+. The highest BCUT2D eigenvalue weighted by molar-refractivity contribution is 8.04. The Bertz CT molecular complexity index is 971. The monoisotopic (exact) mass is 445 g/mol. The molecule has 1 aliphatic heterocycles. The number of nitrogens with one attached hydrogen (secondary N) is 1. The Morgan fingerprint density at radius 3 is 2.56 bits per heavy atom. The maximum atomic E-state index is 9.15. The van der Waals surface area contributed by atoms with Crippen molar-refractivity contribution in [2.24, 2.45) is 5.73 Å². The number of hydrogen-bond acceptors (Lipinski definition) is 4. The molecule has 0 radical (unpaired) electrons. The molecule has 0 saturated heterocycles. The molecule has 1 aromatic rings. The van der Waals surface area contributed by atoms with Crippen LogP contribution in [-0.4, -0.2) is 18.3 Å². The molecule has 0 bridgehead atoms. The largest absolute Gasteiger partial charge is 0.389 e. The fraction of sp³-hybridized carbons (Fsp3) is 0.321. The maximum Gasteiger partial charge on any atom is 0.0991 e. The highest BCUT2D eigenvalue weighted by Gasteiger charge is 2.22. The number of rotatable bonds is 11. The molecule has 0 amide bonds. The van der Waals surface area contributed by atoms with Crippen LogP contribution in [0.2, 0.25) is 0 Å². The molecule has 2 unspecified atom stereocenters. The van der Waals surface area contributed by atoms with E-state index in [0.29, 0.717) is 5.56 Å². The molecule has 0 aliphatic carbocycles. The fourth-order valence-electron chi connectivity index (χ4n) is 3.49. The molecule has 3 N–H and O–H groups in total. The molecule has 0 saturated carbocycles. The lowest BCUT2D eigenvalue weighted by Gasteiger charge is -2.25. The first kappa shape index (κ1) is 25.5. The van der Waals surface area contributed by atoms with Crippen molar-refractivity contribution in [2.75, 3.05) is 7.05 Å². The van der Waals surface area contributed by atoms with Crippen LogP contribution < -0.4 is 11.1 Å². The fourth-order valence-corrected chi connectivity index (χ4v) is 4.82. The average molecular weight is 446 g/mol. The number of allylic oxidation sites excluding steroid dienone is 6. The van der Waals surface area contributed by atoms with E-state index in [-0.39, 0.29) is 11.3 Å². The second kappa shape index (κ2) is 13.0. The molecule has 0 spiro atoms. The summed E-state index contributed by atoms with van der Waals surface area (Å²) in [5, 5.41) is 12.4. The zero-order valence-corrected chi connectivity index (χ0v) is 20.3. The zero-order valence-electron chi connectivity index (χ0n) is 19.5. The van der Waals surface area contributed by atoms with Crippen molar-refractivity contribution in [2.45, 2.75) is 50.8 Å². The second-order valence-electron chi connectivity index (χ2n) is 7.93. The van der Waals surface area contributed by atoms with Gasteiger partial charge in [-0.2, -0.15) is 5.26 Å². The first-order chi connectivity index (χ1) is 15.4. The molecule has 0 fully saturated rings. The van der Waals surface area contributed by atoms with Crippen molar-refractivity contribution < 1.29 is 0 Å². The van der Waals surface area contributed by atoms with Gasteiger partial charge in [0.25, 0.3) is 0 Å². The van der Waals surface area contributed by atoms with E-state index in [2.05, 4.69) is 62.7 Å². The number of hydrogen-bond donors (Lipinski definition) is 2. The van der Waals surface area contributed by atoms with Gasteiger partial charge in [0.05, 0.1) is 11.6 Å². The normalized spacial score (nSPS) is 17.3. The van der Waals surface area contributed by atoms with Crippen molar-refractivity contribution in [1.82, 2.24) is 5.32 Å². The SMILES string of the molecule is C=C(/C=C\C(=C/C)C1=C(c2ccc(C#N)cc2)C=CC(C(=C)CCC(N)CCC)S1)NC. The molecule has 168 valence electrons. The van der Waals surface area contributed by atoms with Gasteiger partial charge in [0.15, 0.2) is 0 Å². The van der Waals surface area contributed by atoms with E-state index < -0.39 is 0 Å². The summed E-state index contributed by atoms with van der Waals surface area (Å²) < 4.78 is 0. The van der Waals surface area contributed by atoms with E-state index in [9.17, 15) is 0 Å². The van der Waals surface area contributed by atoms with E-state index >= 15 is 0 Å². The Kier molecular flexibility index (Phi) is 10.3. The third-order valence-corrected chi connectivity index (χ3v) is 6.94. The van der Waals surface area contributed by atoms with Gasteiger partial charge >= 0.3 is 0 Å². The smallest absolute Gasteiger partial charge is 0.0991 e. The van der Waals surface area contributed by atoms with E-state index in [0.717, 1.165) is 48.1 Å². The van der Waals surface area contributed by atoms with Gasteiger partial charge in [0, 0.05) is 28.9 Å². The van der Waals surface area contributed by atoms with Crippen LogP contribution in [0, 0.1) is 11.3 Å². The Labute approximate surface area is 198 Å². The Morgan fingerprint density at radius 2 is 1.97 bits per heavy atom. The van der Waals surface area contributed by atoms with Crippen molar-refractivity contribution in [3.05, 3.63) is 101 Å². The summed E-state index contributed by atoms with van der Waals surface area (Å²) in [7, 11) is 1.87. The van der Waals surface area contributed by atoms with Crippen LogP contribution in [0.3, 0.4) is 0 Å². The van der Waals surface area contributed by atoms with Gasteiger partial charge in [-0.3, -0.25) is 0 Å². The maximum absolute atomic E-state index is 9.15. The van der Waals surface area contributed by atoms with Crippen LogP contribution in [0.25, 0.3) is 5.57 Å². The van der Waals surface area contributed by atoms with Gasteiger partial charge in [-0.1, -0.05) is 68.5 Å². The van der Waals surface area contributed by atoms with Crippen LogP contribution in [0.15, 0.2) is 89.6 Å². The number of benzene rings is 1. The highest BCUT2D eigenvalue weighted by atomic mass is 32.2. The summed E-state index contributed by atoms with van der Waals surface area (Å²) >= 11 is 1.83. The third kappa shape index (κ3) is 7.15. The summed E-state index contributed by atoms with van der Waals surface area (Å²) in [5.74, 6) is 0. The van der Waals surface area contributed by atoms with Crippen molar-refractivity contribution >= 4 is 17.3 Å². The molecule has 32 heavy (non-hydrogen) atoms. The van der Waals surface area contributed by atoms with Gasteiger partial charge in [0.2, 0.25) is 0 Å². The molecular weight excluding hydrogens is 410 g/mol. The van der Waals surface area contributed by atoms with Gasteiger partial charge in [-0.25, -0.2) is 0 Å². The summed E-state index contributed by atoms with van der Waals surface area (Å²) in [6.07, 6.45) is 14.7. The zero-order chi connectivity index (χ0) is 23.5. The topological polar surface area (TPSA) is 61.8 Å². The predicted molar refractivity (Wildman–Crippen MR) is 141 cm³/mol. The van der Waals surface area contributed by atoms with Crippen LogP contribution >= 0.6 is 11.8 Å². The predicted octanol–water partition coefficient (Wildman–Crippen LogP) is 6.64. The molecular formula is C28H35N3S. The van der Waals surface area contributed by atoms with Gasteiger partial charge in [-0.05, 0) is 61.1 Å².